The summed E-state index contributed by atoms with van der Waals surface area (Å²) in [6, 6.07) is -0.585. The van der Waals surface area contributed by atoms with Crippen molar-refractivity contribution in [1.29, 1.82) is 0 Å². The molecule has 1 unspecified atom stereocenters. The van der Waals surface area contributed by atoms with Gasteiger partial charge in [0.25, 0.3) is 0 Å². The summed E-state index contributed by atoms with van der Waals surface area (Å²) in [5.74, 6) is -0.272. The molecule has 0 spiro atoms. The van der Waals surface area contributed by atoms with Crippen LogP contribution in [0.2, 0.25) is 0 Å². The van der Waals surface area contributed by atoms with Gasteiger partial charge in [0.2, 0.25) is 11.8 Å². The molecular formula is C14H29N3O2. The van der Waals surface area contributed by atoms with E-state index in [1.54, 1.807) is 4.90 Å². The van der Waals surface area contributed by atoms with Crippen LogP contribution in [0.1, 0.15) is 47.5 Å². The van der Waals surface area contributed by atoms with Crippen LogP contribution in [0.25, 0.3) is 0 Å². The van der Waals surface area contributed by atoms with Crippen molar-refractivity contribution in [1.82, 2.24) is 10.2 Å². The van der Waals surface area contributed by atoms with E-state index < -0.39 is 6.04 Å². The summed E-state index contributed by atoms with van der Waals surface area (Å²) in [7, 11) is 0. The Labute approximate surface area is 116 Å². The summed E-state index contributed by atoms with van der Waals surface area (Å²) >= 11 is 0. The minimum absolute atomic E-state index is 0.0937. The molecule has 19 heavy (non-hydrogen) atoms. The van der Waals surface area contributed by atoms with E-state index in [1.807, 2.05) is 34.6 Å². The highest BCUT2D eigenvalue weighted by Gasteiger charge is 2.31. The summed E-state index contributed by atoms with van der Waals surface area (Å²) in [6.07, 6.45) is 1.69. The Bertz CT molecular complexity index is 298. The highest BCUT2D eigenvalue weighted by Crippen LogP contribution is 2.19. The highest BCUT2D eigenvalue weighted by molar-refractivity contribution is 5.87. The lowest BCUT2D eigenvalue weighted by Crippen LogP contribution is -2.52. The zero-order valence-electron chi connectivity index (χ0n) is 13.0. The minimum Gasteiger partial charge on any atom is -0.355 e. The van der Waals surface area contributed by atoms with E-state index in [4.69, 9.17) is 5.73 Å². The summed E-state index contributed by atoms with van der Waals surface area (Å²) in [4.78, 5) is 25.6. The smallest absolute Gasteiger partial charge is 0.240 e. The quantitative estimate of drug-likeness (QED) is 0.728. The topological polar surface area (TPSA) is 75.4 Å². The second-order valence-electron chi connectivity index (χ2n) is 5.95. The average Bonchev–Trinajstić information content (AvgIpc) is 2.32. The van der Waals surface area contributed by atoms with Gasteiger partial charge in [-0.05, 0) is 18.3 Å². The summed E-state index contributed by atoms with van der Waals surface area (Å²) < 4.78 is 0. The molecule has 0 aliphatic heterocycles. The lowest BCUT2D eigenvalue weighted by atomic mass is 9.86. The van der Waals surface area contributed by atoms with Crippen LogP contribution in [-0.4, -0.2) is 42.4 Å². The van der Waals surface area contributed by atoms with Crippen molar-refractivity contribution in [2.75, 3.05) is 19.6 Å². The van der Waals surface area contributed by atoms with Crippen LogP contribution in [-0.2, 0) is 9.59 Å². The number of hydrogen-bond donors (Lipinski definition) is 2. The standard InChI is InChI=1S/C14H29N3O2/c1-6-8-16-11(18)10-17(9-7-2)13(19)12(15)14(3,4)5/h12H,6-10,15H2,1-5H3,(H,16,18). The number of hydrogen-bond acceptors (Lipinski definition) is 3. The lowest BCUT2D eigenvalue weighted by Gasteiger charge is -2.31. The number of nitrogens with one attached hydrogen (secondary N) is 1. The SMILES string of the molecule is CCCNC(=O)CN(CCC)C(=O)C(N)C(C)(C)C. The molecule has 0 aromatic rings. The molecule has 0 aliphatic rings. The largest absolute Gasteiger partial charge is 0.355 e. The van der Waals surface area contributed by atoms with Crippen LogP contribution >= 0.6 is 0 Å². The Kier molecular flexibility index (Phi) is 7.68. The van der Waals surface area contributed by atoms with Crippen molar-refractivity contribution in [2.45, 2.75) is 53.5 Å². The molecule has 0 fully saturated rings. The maximum Gasteiger partial charge on any atom is 0.240 e. The molecule has 5 heteroatoms. The molecule has 0 bridgehead atoms. The average molecular weight is 271 g/mol. The van der Waals surface area contributed by atoms with Crippen LogP contribution in [0.4, 0.5) is 0 Å². The van der Waals surface area contributed by atoms with E-state index in [-0.39, 0.29) is 23.8 Å². The Morgan fingerprint density at radius 1 is 1.21 bits per heavy atom. The van der Waals surface area contributed by atoms with E-state index in [2.05, 4.69) is 5.32 Å². The Morgan fingerprint density at radius 2 is 1.79 bits per heavy atom. The van der Waals surface area contributed by atoms with Crippen molar-refractivity contribution in [3.63, 3.8) is 0 Å². The van der Waals surface area contributed by atoms with Crippen LogP contribution in [0, 0.1) is 5.41 Å². The molecule has 0 radical (unpaired) electrons. The fourth-order valence-corrected chi connectivity index (χ4v) is 1.60. The van der Waals surface area contributed by atoms with Crippen LogP contribution in [0.15, 0.2) is 0 Å². The van der Waals surface area contributed by atoms with Gasteiger partial charge >= 0.3 is 0 Å². The maximum absolute atomic E-state index is 12.3. The van der Waals surface area contributed by atoms with E-state index in [0.29, 0.717) is 13.1 Å². The number of nitrogens with two attached hydrogens (primary N) is 1. The lowest BCUT2D eigenvalue weighted by molar-refractivity contribution is -0.139. The fraction of sp³-hybridized carbons (Fsp3) is 0.857. The third-order valence-corrected chi connectivity index (χ3v) is 2.91. The Hall–Kier alpha value is -1.10. The number of nitrogens with zero attached hydrogens (tertiary/aromatic N) is 1. The van der Waals surface area contributed by atoms with E-state index in [1.165, 1.54) is 0 Å². The van der Waals surface area contributed by atoms with Gasteiger partial charge < -0.3 is 16.0 Å². The third-order valence-electron chi connectivity index (χ3n) is 2.91. The zero-order chi connectivity index (χ0) is 15.1. The van der Waals surface area contributed by atoms with E-state index in [0.717, 1.165) is 12.8 Å². The molecule has 3 N–H and O–H groups in total. The molecule has 0 saturated carbocycles. The first-order chi connectivity index (χ1) is 8.73. The maximum atomic E-state index is 12.3. The number of carbonyl (C=O) groups is 2. The molecule has 5 nitrogen and oxygen atoms in total. The molecule has 0 heterocycles. The molecule has 0 aliphatic carbocycles. The Balaban J connectivity index is 4.63. The monoisotopic (exact) mass is 271 g/mol. The molecule has 112 valence electrons. The number of amides is 2. The van der Waals surface area contributed by atoms with Gasteiger partial charge in [0.05, 0.1) is 12.6 Å². The van der Waals surface area contributed by atoms with Gasteiger partial charge in [-0.3, -0.25) is 9.59 Å². The first-order valence-electron chi connectivity index (χ1n) is 7.05. The molecule has 0 aromatic carbocycles. The van der Waals surface area contributed by atoms with Crippen molar-refractivity contribution in [3.8, 4) is 0 Å². The van der Waals surface area contributed by atoms with Gasteiger partial charge in [0.1, 0.15) is 0 Å². The van der Waals surface area contributed by atoms with Crippen LogP contribution < -0.4 is 11.1 Å². The van der Waals surface area contributed by atoms with Crippen LogP contribution in [0.3, 0.4) is 0 Å². The second-order valence-corrected chi connectivity index (χ2v) is 5.95. The number of rotatable bonds is 7. The zero-order valence-corrected chi connectivity index (χ0v) is 13.0. The first-order valence-corrected chi connectivity index (χ1v) is 7.05. The van der Waals surface area contributed by atoms with Crippen molar-refractivity contribution in [2.24, 2.45) is 11.1 Å². The van der Waals surface area contributed by atoms with Crippen molar-refractivity contribution >= 4 is 11.8 Å². The highest BCUT2D eigenvalue weighted by atomic mass is 16.2. The number of carbonyl (C=O) groups excluding carboxylic acids is 2. The molecule has 2 amide bonds. The normalized spacial score (nSPS) is 12.9. The van der Waals surface area contributed by atoms with Gasteiger partial charge in [-0.15, -0.1) is 0 Å². The Morgan fingerprint density at radius 3 is 2.21 bits per heavy atom. The second kappa shape index (κ2) is 8.15. The van der Waals surface area contributed by atoms with E-state index >= 15 is 0 Å². The molecule has 1 atom stereocenters. The predicted octanol–water partition coefficient (Wildman–Crippen LogP) is 1.12. The van der Waals surface area contributed by atoms with Gasteiger partial charge in [0, 0.05) is 13.1 Å². The van der Waals surface area contributed by atoms with Gasteiger partial charge in [-0.1, -0.05) is 34.6 Å². The predicted molar refractivity (Wildman–Crippen MR) is 77.6 cm³/mol. The first kappa shape index (κ1) is 17.9. The van der Waals surface area contributed by atoms with Crippen LogP contribution in [0.5, 0.6) is 0 Å². The van der Waals surface area contributed by atoms with Crippen molar-refractivity contribution in [3.05, 3.63) is 0 Å². The summed E-state index contributed by atoms with van der Waals surface area (Å²) in [6.45, 7) is 11.0. The summed E-state index contributed by atoms with van der Waals surface area (Å²) in [5, 5.41) is 2.78. The molecule has 0 rings (SSSR count). The molecule has 0 saturated heterocycles. The minimum atomic E-state index is -0.585. The van der Waals surface area contributed by atoms with Gasteiger partial charge in [0.15, 0.2) is 0 Å². The van der Waals surface area contributed by atoms with Crippen molar-refractivity contribution < 1.29 is 9.59 Å². The molecule has 0 aromatic heterocycles. The van der Waals surface area contributed by atoms with E-state index in [9.17, 15) is 9.59 Å². The third kappa shape index (κ3) is 6.57. The fourth-order valence-electron chi connectivity index (χ4n) is 1.60. The van der Waals surface area contributed by atoms with Gasteiger partial charge in [-0.25, -0.2) is 0 Å². The van der Waals surface area contributed by atoms with Gasteiger partial charge in [-0.2, -0.15) is 0 Å². The molecular weight excluding hydrogens is 242 g/mol. The summed E-state index contributed by atoms with van der Waals surface area (Å²) in [5.41, 5.74) is 5.68.